The Morgan fingerprint density at radius 1 is 1.50 bits per heavy atom. The summed E-state index contributed by atoms with van der Waals surface area (Å²) in [6, 6.07) is 5.91. The second-order valence-electron chi connectivity index (χ2n) is 4.10. The van der Waals surface area contributed by atoms with Gasteiger partial charge in [0, 0.05) is 12.6 Å². The third kappa shape index (κ3) is 1.88. The van der Waals surface area contributed by atoms with Gasteiger partial charge in [0.15, 0.2) is 5.58 Å². The van der Waals surface area contributed by atoms with Crippen LogP contribution in [0.3, 0.4) is 0 Å². The van der Waals surface area contributed by atoms with E-state index in [2.05, 4.69) is 0 Å². The maximum Gasteiger partial charge on any atom is 0.419 e. The summed E-state index contributed by atoms with van der Waals surface area (Å²) in [6.45, 7) is 4.50. The van der Waals surface area contributed by atoms with E-state index in [0.29, 0.717) is 12.1 Å². The molecule has 2 aromatic rings. The monoisotopic (exact) mass is 220 g/mol. The van der Waals surface area contributed by atoms with Crippen LogP contribution >= 0.6 is 0 Å². The molecule has 2 N–H and O–H groups in total. The number of nitrogens with two attached hydrogens (primary N) is 1. The molecular formula is C12H16N2O2. The highest BCUT2D eigenvalue weighted by molar-refractivity contribution is 5.73. The van der Waals surface area contributed by atoms with E-state index in [1.165, 1.54) is 0 Å². The largest absolute Gasteiger partial charge is 0.419 e. The molecule has 4 heteroatoms. The van der Waals surface area contributed by atoms with Crippen LogP contribution in [0.4, 0.5) is 0 Å². The lowest BCUT2D eigenvalue weighted by atomic mass is 10.1. The standard InChI is InChI=1S/C12H16N2O2/c1-3-14-10-5-4-9(6-8(2)13)7-11(10)16-12(14)15/h4-5,7-8H,3,6,13H2,1-2H3. The van der Waals surface area contributed by atoms with Crippen LogP contribution in [-0.2, 0) is 13.0 Å². The molecule has 0 fully saturated rings. The quantitative estimate of drug-likeness (QED) is 0.852. The summed E-state index contributed by atoms with van der Waals surface area (Å²) in [5.74, 6) is -0.296. The van der Waals surface area contributed by atoms with E-state index in [-0.39, 0.29) is 11.8 Å². The van der Waals surface area contributed by atoms with E-state index < -0.39 is 0 Å². The van der Waals surface area contributed by atoms with Gasteiger partial charge in [0.25, 0.3) is 0 Å². The van der Waals surface area contributed by atoms with Crippen molar-refractivity contribution in [2.24, 2.45) is 5.73 Å². The smallest absolute Gasteiger partial charge is 0.408 e. The Morgan fingerprint density at radius 3 is 2.88 bits per heavy atom. The van der Waals surface area contributed by atoms with Crippen LogP contribution in [-0.4, -0.2) is 10.6 Å². The van der Waals surface area contributed by atoms with Crippen LogP contribution in [0.25, 0.3) is 11.1 Å². The van der Waals surface area contributed by atoms with Crippen molar-refractivity contribution in [1.82, 2.24) is 4.57 Å². The summed E-state index contributed by atoms with van der Waals surface area (Å²) in [7, 11) is 0. The minimum absolute atomic E-state index is 0.109. The first kappa shape index (κ1) is 11.0. The van der Waals surface area contributed by atoms with Gasteiger partial charge in [0.05, 0.1) is 5.52 Å². The zero-order chi connectivity index (χ0) is 11.7. The van der Waals surface area contributed by atoms with E-state index >= 15 is 0 Å². The van der Waals surface area contributed by atoms with Gasteiger partial charge < -0.3 is 10.2 Å². The molecule has 0 amide bonds. The minimum Gasteiger partial charge on any atom is -0.408 e. The van der Waals surface area contributed by atoms with Crippen molar-refractivity contribution in [2.45, 2.75) is 32.9 Å². The first-order valence-electron chi connectivity index (χ1n) is 5.49. The molecule has 1 heterocycles. The number of benzene rings is 1. The van der Waals surface area contributed by atoms with Gasteiger partial charge in [-0.2, -0.15) is 0 Å². The Labute approximate surface area is 93.7 Å². The fourth-order valence-corrected chi connectivity index (χ4v) is 1.91. The summed E-state index contributed by atoms with van der Waals surface area (Å²) < 4.78 is 6.79. The Bertz CT molecular complexity index is 552. The van der Waals surface area contributed by atoms with Crippen LogP contribution in [0.1, 0.15) is 19.4 Å². The van der Waals surface area contributed by atoms with Crippen LogP contribution in [0.5, 0.6) is 0 Å². The molecule has 1 aromatic heterocycles. The highest BCUT2D eigenvalue weighted by Crippen LogP contribution is 2.15. The Balaban J connectivity index is 2.51. The van der Waals surface area contributed by atoms with Crippen LogP contribution in [0.2, 0.25) is 0 Å². The van der Waals surface area contributed by atoms with Crippen molar-refractivity contribution >= 4 is 11.1 Å². The molecule has 1 unspecified atom stereocenters. The number of hydrogen-bond acceptors (Lipinski definition) is 3. The second kappa shape index (κ2) is 4.14. The predicted octanol–water partition coefficient (Wildman–Crippen LogP) is 1.50. The molecule has 16 heavy (non-hydrogen) atoms. The van der Waals surface area contributed by atoms with E-state index in [1.54, 1.807) is 4.57 Å². The maximum absolute atomic E-state index is 11.5. The first-order valence-corrected chi connectivity index (χ1v) is 5.49. The Hall–Kier alpha value is -1.55. The highest BCUT2D eigenvalue weighted by atomic mass is 16.4. The van der Waals surface area contributed by atoms with E-state index in [9.17, 15) is 4.79 Å². The number of aryl methyl sites for hydroxylation is 1. The van der Waals surface area contributed by atoms with Gasteiger partial charge in [-0.05, 0) is 38.0 Å². The van der Waals surface area contributed by atoms with Gasteiger partial charge >= 0.3 is 5.76 Å². The van der Waals surface area contributed by atoms with E-state index in [0.717, 1.165) is 17.5 Å². The fourth-order valence-electron chi connectivity index (χ4n) is 1.91. The first-order chi connectivity index (χ1) is 7.61. The van der Waals surface area contributed by atoms with Crippen molar-refractivity contribution in [3.8, 4) is 0 Å². The average molecular weight is 220 g/mol. The number of rotatable bonds is 3. The van der Waals surface area contributed by atoms with Crippen molar-refractivity contribution in [2.75, 3.05) is 0 Å². The van der Waals surface area contributed by atoms with Crippen LogP contribution in [0.15, 0.2) is 27.4 Å². The summed E-state index contributed by atoms with van der Waals surface area (Å²) in [6.07, 6.45) is 0.789. The van der Waals surface area contributed by atoms with Crippen LogP contribution in [0, 0.1) is 0 Å². The van der Waals surface area contributed by atoms with E-state index in [1.807, 2.05) is 32.0 Å². The van der Waals surface area contributed by atoms with Crippen molar-refractivity contribution in [3.63, 3.8) is 0 Å². The fraction of sp³-hybridized carbons (Fsp3) is 0.417. The summed E-state index contributed by atoms with van der Waals surface area (Å²) in [5, 5.41) is 0. The number of aromatic nitrogens is 1. The molecule has 1 aromatic carbocycles. The lowest BCUT2D eigenvalue weighted by Gasteiger charge is -2.04. The topological polar surface area (TPSA) is 61.2 Å². The molecule has 0 saturated heterocycles. The second-order valence-corrected chi connectivity index (χ2v) is 4.10. The van der Waals surface area contributed by atoms with Crippen molar-refractivity contribution in [3.05, 3.63) is 34.3 Å². The molecule has 0 saturated carbocycles. The Kier molecular flexibility index (Phi) is 2.83. The highest BCUT2D eigenvalue weighted by Gasteiger charge is 2.08. The van der Waals surface area contributed by atoms with Crippen LogP contribution < -0.4 is 11.5 Å². The van der Waals surface area contributed by atoms with Crippen molar-refractivity contribution < 1.29 is 4.42 Å². The van der Waals surface area contributed by atoms with Gasteiger partial charge in [-0.3, -0.25) is 4.57 Å². The van der Waals surface area contributed by atoms with Gasteiger partial charge in [-0.15, -0.1) is 0 Å². The molecule has 0 spiro atoms. The maximum atomic E-state index is 11.5. The molecule has 0 aliphatic rings. The zero-order valence-electron chi connectivity index (χ0n) is 9.56. The van der Waals surface area contributed by atoms with Gasteiger partial charge in [-0.1, -0.05) is 6.07 Å². The van der Waals surface area contributed by atoms with E-state index in [4.69, 9.17) is 10.2 Å². The molecule has 0 radical (unpaired) electrons. The van der Waals surface area contributed by atoms with Gasteiger partial charge in [0.2, 0.25) is 0 Å². The molecule has 0 aliphatic heterocycles. The third-order valence-corrected chi connectivity index (χ3v) is 2.61. The Morgan fingerprint density at radius 2 is 2.25 bits per heavy atom. The molecule has 1 atom stereocenters. The number of nitrogens with zero attached hydrogens (tertiary/aromatic N) is 1. The normalized spacial score (nSPS) is 13.2. The summed E-state index contributed by atoms with van der Waals surface area (Å²) >= 11 is 0. The summed E-state index contributed by atoms with van der Waals surface area (Å²) in [5.41, 5.74) is 8.32. The minimum atomic E-state index is -0.296. The number of oxazole rings is 1. The lowest BCUT2D eigenvalue weighted by molar-refractivity contribution is 0.513. The SMILES string of the molecule is CCn1c(=O)oc2cc(CC(C)N)ccc21. The zero-order valence-corrected chi connectivity index (χ0v) is 9.56. The molecule has 86 valence electrons. The lowest BCUT2D eigenvalue weighted by Crippen LogP contribution is -2.17. The van der Waals surface area contributed by atoms with Crippen molar-refractivity contribution in [1.29, 1.82) is 0 Å². The number of fused-ring (bicyclic) bond motifs is 1. The third-order valence-electron chi connectivity index (χ3n) is 2.61. The predicted molar refractivity (Wildman–Crippen MR) is 63.5 cm³/mol. The number of hydrogen-bond donors (Lipinski definition) is 1. The molecule has 0 bridgehead atoms. The van der Waals surface area contributed by atoms with Gasteiger partial charge in [-0.25, -0.2) is 4.79 Å². The molecule has 0 aliphatic carbocycles. The molecular weight excluding hydrogens is 204 g/mol. The van der Waals surface area contributed by atoms with Gasteiger partial charge in [0.1, 0.15) is 0 Å². The molecule has 4 nitrogen and oxygen atoms in total. The summed E-state index contributed by atoms with van der Waals surface area (Å²) in [4.78, 5) is 11.5. The average Bonchev–Trinajstić information content (AvgIpc) is 2.51. The molecule has 2 rings (SSSR count).